The Morgan fingerprint density at radius 1 is 1.18 bits per heavy atom. The lowest BCUT2D eigenvalue weighted by molar-refractivity contribution is -0.138. The summed E-state index contributed by atoms with van der Waals surface area (Å²) < 4.78 is 7.15. The van der Waals surface area contributed by atoms with E-state index in [1.165, 1.54) is 11.1 Å². The van der Waals surface area contributed by atoms with Crippen LogP contribution in [0.3, 0.4) is 0 Å². The van der Waals surface area contributed by atoms with Gasteiger partial charge in [-0.25, -0.2) is 0 Å². The number of benzene rings is 1. The van der Waals surface area contributed by atoms with Gasteiger partial charge in [0.2, 0.25) is 11.8 Å². The Bertz CT molecular complexity index is 1000. The minimum Gasteiger partial charge on any atom is -0.378 e. The molecule has 146 valence electrons. The zero-order valence-electron chi connectivity index (χ0n) is 16.4. The first-order valence-corrected chi connectivity index (χ1v) is 9.97. The highest BCUT2D eigenvalue weighted by molar-refractivity contribution is 6.03. The molecule has 1 unspecified atom stereocenters. The maximum atomic E-state index is 13.1. The molecule has 2 aromatic rings. The molecule has 6 heteroatoms. The minimum atomic E-state index is -0.138. The SMILES string of the molecule is CC(=O)n1cc2c3c(cccc31)C1=C[C@@H](C(=O)N3CCOCC3)CN(C)C1C2. The third kappa shape index (κ3) is 2.63. The van der Waals surface area contributed by atoms with E-state index in [2.05, 4.69) is 24.1 Å². The number of amides is 1. The van der Waals surface area contributed by atoms with Crippen molar-refractivity contribution in [2.45, 2.75) is 19.4 Å². The van der Waals surface area contributed by atoms with E-state index in [1.807, 2.05) is 23.2 Å². The van der Waals surface area contributed by atoms with E-state index in [9.17, 15) is 9.59 Å². The van der Waals surface area contributed by atoms with Crippen LogP contribution in [-0.4, -0.2) is 72.1 Å². The van der Waals surface area contributed by atoms with Gasteiger partial charge in [-0.05, 0) is 36.2 Å². The van der Waals surface area contributed by atoms with E-state index < -0.39 is 0 Å². The van der Waals surface area contributed by atoms with E-state index in [1.54, 1.807) is 11.5 Å². The van der Waals surface area contributed by atoms with Crippen molar-refractivity contribution in [2.24, 2.45) is 5.92 Å². The van der Waals surface area contributed by atoms with Gasteiger partial charge in [0.25, 0.3) is 0 Å². The molecule has 1 aromatic heterocycles. The van der Waals surface area contributed by atoms with E-state index in [4.69, 9.17) is 4.74 Å². The molecule has 3 heterocycles. The third-order valence-corrected chi connectivity index (χ3v) is 6.37. The van der Waals surface area contributed by atoms with Gasteiger partial charge in [0.1, 0.15) is 0 Å². The molecule has 0 radical (unpaired) electrons. The molecule has 1 fully saturated rings. The number of ether oxygens (including phenoxy) is 1. The second kappa shape index (κ2) is 6.57. The first-order chi connectivity index (χ1) is 13.5. The summed E-state index contributed by atoms with van der Waals surface area (Å²) in [6.07, 6.45) is 5.05. The summed E-state index contributed by atoms with van der Waals surface area (Å²) in [5.74, 6) is 0.0856. The van der Waals surface area contributed by atoms with Crippen LogP contribution in [0.1, 0.15) is 22.8 Å². The molecular weight excluding hydrogens is 354 g/mol. The second-order valence-corrected chi connectivity index (χ2v) is 8.07. The summed E-state index contributed by atoms with van der Waals surface area (Å²) >= 11 is 0. The largest absolute Gasteiger partial charge is 0.378 e. The summed E-state index contributed by atoms with van der Waals surface area (Å²) in [5.41, 5.74) is 4.56. The highest BCUT2D eigenvalue weighted by Crippen LogP contribution is 2.41. The van der Waals surface area contributed by atoms with Gasteiger partial charge in [-0.15, -0.1) is 0 Å². The number of carbonyl (C=O) groups excluding carboxylic acids is 2. The number of hydrogen-bond acceptors (Lipinski definition) is 4. The van der Waals surface area contributed by atoms with Crippen molar-refractivity contribution in [3.05, 3.63) is 41.6 Å². The fourth-order valence-corrected chi connectivity index (χ4v) is 4.99. The Labute approximate surface area is 164 Å². The molecule has 1 aromatic carbocycles. The van der Waals surface area contributed by atoms with Gasteiger partial charge >= 0.3 is 0 Å². The predicted molar refractivity (Wildman–Crippen MR) is 107 cm³/mol. The standard InChI is InChI=1S/C22H25N3O3/c1-14(26)25-13-15-11-20-18(17-4-3-5-19(25)21(15)17)10-16(12-23(20)2)22(27)24-6-8-28-9-7-24/h3-5,10,13,16,20H,6-9,11-12H2,1-2H3/t16-,20?/m1/s1. The molecule has 28 heavy (non-hydrogen) atoms. The van der Waals surface area contributed by atoms with Gasteiger partial charge in [-0.3, -0.25) is 19.1 Å². The molecule has 2 atom stereocenters. The average Bonchev–Trinajstić information content (AvgIpc) is 3.09. The highest BCUT2D eigenvalue weighted by atomic mass is 16.5. The smallest absolute Gasteiger partial charge is 0.230 e. The number of rotatable bonds is 1. The van der Waals surface area contributed by atoms with Crippen LogP contribution in [0, 0.1) is 5.92 Å². The Balaban J connectivity index is 1.59. The predicted octanol–water partition coefficient (Wildman–Crippen LogP) is 2.03. The Hall–Kier alpha value is -2.44. The second-order valence-electron chi connectivity index (χ2n) is 8.07. The summed E-state index contributed by atoms with van der Waals surface area (Å²) in [6, 6.07) is 6.39. The molecule has 1 aliphatic carbocycles. The number of likely N-dealkylation sites (N-methyl/N-ethyl adjacent to an activating group) is 1. The van der Waals surface area contributed by atoms with Gasteiger partial charge in [-0.2, -0.15) is 0 Å². The first kappa shape index (κ1) is 17.6. The summed E-state index contributed by atoms with van der Waals surface area (Å²) in [5, 5.41) is 1.16. The van der Waals surface area contributed by atoms with Crippen LogP contribution in [-0.2, 0) is 16.0 Å². The highest BCUT2D eigenvalue weighted by Gasteiger charge is 2.37. The van der Waals surface area contributed by atoms with Gasteiger partial charge in [0.05, 0.1) is 24.6 Å². The van der Waals surface area contributed by atoms with Crippen molar-refractivity contribution in [3.8, 4) is 0 Å². The van der Waals surface area contributed by atoms with Crippen LogP contribution >= 0.6 is 0 Å². The third-order valence-electron chi connectivity index (χ3n) is 6.37. The van der Waals surface area contributed by atoms with E-state index >= 15 is 0 Å². The molecule has 6 nitrogen and oxygen atoms in total. The Kier molecular flexibility index (Phi) is 4.14. The zero-order chi connectivity index (χ0) is 19.4. The van der Waals surface area contributed by atoms with Gasteiger partial charge in [-0.1, -0.05) is 18.2 Å². The molecule has 0 bridgehead atoms. The van der Waals surface area contributed by atoms with Crippen LogP contribution in [0.15, 0.2) is 30.5 Å². The van der Waals surface area contributed by atoms with E-state index in [-0.39, 0.29) is 23.8 Å². The fourth-order valence-electron chi connectivity index (χ4n) is 4.99. The lowest BCUT2D eigenvalue weighted by Gasteiger charge is -2.41. The monoisotopic (exact) mass is 379 g/mol. The molecule has 2 aliphatic heterocycles. The van der Waals surface area contributed by atoms with Gasteiger partial charge in [0.15, 0.2) is 0 Å². The lowest BCUT2D eigenvalue weighted by Crippen LogP contribution is -2.49. The summed E-state index contributed by atoms with van der Waals surface area (Å²) in [4.78, 5) is 29.4. The molecule has 3 aliphatic rings. The molecule has 1 saturated heterocycles. The summed E-state index contributed by atoms with van der Waals surface area (Å²) in [6.45, 7) is 4.91. The first-order valence-electron chi connectivity index (χ1n) is 9.97. The van der Waals surface area contributed by atoms with Crippen molar-refractivity contribution in [1.29, 1.82) is 0 Å². The number of morpholine rings is 1. The number of fused-ring (bicyclic) bond motifs is 2. The fraction of sp³-hybridized carbons (Fsp3) is 0.455. The van der Waals surface area contributed by atoms with Crippen molar-refractivity contribution < 1.29 is 14.3 Å². The van der Waals surface area contributed by atoms with Crippen molar-refractivity contribution in [1.82, 2.24) is 14.4 Å². The molecular formula is C22H25N3O3. The Morgan fingerprint density at radius 3 is 2.71 bits per heavy atom. The lowest BCUT2D eigenvalue weighted by atomic mass is 9.79. The van der Waals surface area contributed by atoms with Crippen molar-refractivity contribution in [3.63, 3.8) is 0 Å². The number of aromatic nitrogens is 1. The quantitative estimate of drug-likeness (QED) is 0.761. The van der Waals surface area contributed by atoms with Crippen LogP contribution in [0.25, 0.3) is 16.5 Å². The van der Waals surface area contributed by atoms with Crippen molar-refractivity contribution >= 4 is 28.3 Å². The zero-order valence-corrected chi connectivity index (χ0v) is 16.4. The number of hydrogen-bond donors (Lipinski definition) is 0. The van der Waals surface area contributed by atoms with Gasteiger partial charge < -0.3 is 9.64 Å². The molecule has 0 saturated carbocycles. The number of nitrogens with zero attached hydrogens (tertiary/aromatic N) is 3. The van der Waals surface area contributed by atoms with Crippen LogP contribution in [0.4, 0.5) is 0 Å². The van der Waals surface area contributed by atoms with E-state index in [0.717, 1.165) is 29.4 Å². The minimum absolute atomic E-state index is 0.0287. The maximum absolute atomic E-state index is 13.1. The number of carbonyl (C=O) groups is 2. The Morgan fingerprint density at radius 2 is 1.96 bits per heavy atom. The molecule has 0 spiro atoms. The molecule has 0 N–H and O–H groups in total. The van der Waals surface area contributed by atoms with Crippen LogP contribution < -0.4 is 0 Å². The van der Waals surface area contributed by atoms with E-state index in [0.29, 0.717) is 26.3 Å². The van der Waals surface area contributed by atoms with Crippen LogP contribution in [0.5, 0.6) is 0 Å². The topological polar surface area (TPSA) is 54.8 Å². The maximum Gasteiger partial charge on any atom is 0.230 e. The van der Waals surface area contributed by atoms with Crippen molar-refractivity contribution in [2.75, 3.05) is 39.9 Å². The normalized spacial score (nSPS) is 24.8. The molecule has 1 amide bonds. The van der Waals surface area contributed by atoms with Gasteiger partial charge in [0, 0.05) is 44.2 Å². The molecule has 5 rings (SSSR count). The average molecular weight is 379 g/mol. The summed E-state index contributed by atoms with van der Waals surface area (Å²) in [7, 11) is 2.10. The van der Waals surface area contributed by atoms with Crippen LogP contribution in [0.2, 0.25) is 0 Å².